The Labute approximate surface area is 128 Å². The van der Waals surface area contributed by atoms with Gasteiger partial charge in [-0.3, -0.25) is 14.2 Å². The van der Waals surface area contributed by atoms with Crippen molar-refractivity contribution in [2.45, 2.75) is 25.7 Å². The van der Waals surface area contributed by atoms with Crippen LogP contribution in [0.4, 0.5) is 11.5 Å². The first-order valence-corrected chi connectivity index (χ1v) is 7.96. The van der Waals surface area contributed by atoms with Crippen LogP contribution in [-0.4, -0.2) is 29.3 Å². The quantitative estimate of drug-likeness (QED) is 0.879. The molecule has 2 aromatic rings. The summed E-state index contributed by atoms with van der Waals surface area (Å²) in [5, 5.41) is 10.1. The lowest BCUT2D eigenvalue weighted by Crippen LogP contribution is -2.15. The standard InChI is InChI=1S/C13H17N5O3S/c1-8-5-6-11(7-12(8)14-10(3)19)22(20,21)16-13-9(2)18(4)17-15-13/h5-7,16H,1-4H3,(H,14,19). The molecule has 1 aromatic heterocycles. The molecule has 0 spiro atoms. The van der Waals surface area contributed by atoms with E-state index in [0.717, 1.165) is 5.56 Å². The molecule has 0 radical (unpaired) electrons. The second-order valence-electron chi connectivity index (χ2n) is 4.91. The summed E-state index contributed by atoms with van der Waals surface area (Å²) in [4.78, 5) is 11.2. The minimum atomic E-state index is -3.81. The van der Waals surface area contributed by atoms with E-state index in [0.29, 0.717) is 11.4 Å². The molecule has 2 rings (SSSR count). The first kappa shape index (κ1) is 16.0. The highest BCUT2D eigenvalue weighted by molar-refractivity contribution is 7.92. The molecule has 1 amide bonds. The average molecular weight is 323 g/mol. The van der Waals surface area contributed by atoms with Crippen molar-refractivity contribution >= 4 is 27.4 Å². The lowest BCUT2D eigenvalue weighted by molar-refractivity contribution is -0.114. The van der Waals surface area contributed by atoms with Crippen LogP contribution in [0.15, 0.2) is 23.1 Å². The van der Waals surface area contributed by atoms with Crippen molar-refractivity contribution in [1.29, 1.82) is 0 Å². The lowest BCUT2D eigenvalue weighted by Gasteiger charge is -2.10. The number of carbonyl (C=O) groups excluding carboxylic acids is 1. The second kappa shape index (κ2) is 5.76. The number of benzene rings is 1. The Hall–Kier alpha value is -2.42. The van der Waals surface area contributed by atoms with E-state index < -0.39 is 10.0 Å². The predicted molar refractivity (Wildman–Crippen MR) is 82.0 cm³/mol. The third kappa shape index (κ3) is 3.25. The first-order chi connectivity index (χ1) is 10.2. The van der Waals surface area contributed by atoms with Crippen LogP contribution < -0.4 is 10.0 Å². The van der Waals surface area contributed by atoms with E-state index in [1.54, 1.807) is 27.0 Å². The van der Waals surface area contributed by atoms with Crippen LogP contribution >= 0.6 is 0 Å². The molecule has 22 heavy (non-hydrogen) atoms. The molecule has 0 fully saturated rings. The Morgan fingerprint density at radius 3 is 2.50 bits per heavy atom. The van der Waals surface area contributed by atoms with Gasteiger partial charge in [-0.1, -0.05) is 11.3 Å². The number of aryl methyl sites for hydroxylation is 2. The number of nitrogens with one attached hydrogen (secondary N) is 2. The highest BCUT2D eigenvalue weighted by atomic mass is 32.2. The summed E-state index contributed by atoms with van der Waals surface area (Å²) in [5.41, 5.74) is 1.81. The maximum atomic E-state index is 12.4. The van der Waals surface area contributed by atoms with Crippen molar-refractivity contribution in [2.24, 2.45) is 7.05 Å². The van der Waals surface area contributed by atoms with Gasteiger partial charge in [0.05, 0.1) is 10.6 Å². The monoisotopic (exact) mass is 323 g/mol. The number of aromatic nitrogens is 3. The van der Waals surface area contributed by atoms with Gasteiger partial charge in [0.1, 0.15) is 0 Å². The summed E-state index contributed by atoms with van der Waals surface area (Å²) >= 11 is 0. The van der Waals surface area contributed by atoms with Gasteiger partial charge in [0.2, 0.25) is 5.91 Å². The van der Waals surface area contributed by atoms with Gasteiger partial charge in [0.25, 0.3) is 10.0 Å². The van der Waals surface area contributed by atoms with Gasteiger partial charge in [-0.05, 0) is 31.5 Å². The third-order valence-electron chi connectivity index (χ3n) is 3.17. The number of nitrogens with zero attached hydrogens (tertiary/aromatic N) is 3. The normalized spacial score (nSPS) is 11.3. The largest absolute Gasteiger partial charge is 0.326 e. The topological polar surface area (TPSA) is 106 Å². The van der Waals surface area contributed by atoms with Gasteiger partial charge in [-0.15, -0.1) is 5.10 Å². The van der Waals surface area contributed by atoms with E-state index >= 15 is 0 Å². The van der Waals surface area contributed by atoms with Crippen molar-refractivity contribution in [2.75, 3.05) is 10.0 Å². The van der Waals surface area contributed by atoms with Gasteiger partial charge in [-0.2, -0.15) is 0 Å². The Balaban J connectivity index is 2.37. The summed E-state index contributed by atoms with van der Waals surface area (Å²) in [5.74, 6) is -0.0977. The van der Waals surface area contributed by atoms with Gasteiger partial charge >= 0.3 is 0 Å². The lowest BCUT2D eigenvalue weighted by atomic mass is 10.2. The Bertz CT molecular complexity index is 826. The van der Waals surface area contributed by atoms with Crippen LogP contribution in [-0.2, 0) is 21.9 Å². The van der Waals surface area contributed by atoms with Gasteiger partial charge < -0.3 is 5.32 Å². The van der Waals surface area contributed by atoms with Crippen molar-refractivity contribution in [3.63, 3.8) is 0 Å². The average Bonchev–Trinajstić information content (AvgIpc) is 2.72. The summed E-state index contributed by atoms with van der Waals surface area (Å²) < 4.78 is 28.7. The van der Waals surface area contributed by atoms with E-state index in [4.69, 9.17) is 0 Å². The molecule has 8 nitrogen and oxygen atoms in total. The van der Waals surface area contributed by atoms with Crippen LogP contribution in [0.1, 0.15) is 18.2 Å². The van der Waals surface area contributed by atoms with Crippen LogP contribution in [0.25, 0.3) is 0 Å². The van der Waals surface area contributed by atoms with Crippen LogP contribution in [0.3, 0.4) is 0 Å². The zero-order valence-electron chi connectivity index (χ0n) is 12.7. The van der Waals surface area contributed by atoms with Crippen molar-refractivity contribution in [1.82, 2.24) is 15.0 Å². The molecule has 9 heteroatoms. The summed E-state index contributed by atoms with van der Waals surface area (Å²) in [6.07, 6.45) is 0. The predicted octanol–water partition coefficient (Wildman–Crippen LogP) is 1.19. The molecule has 0 saturated heterocycles. The highest BCUT2D eigenvalue weighted by Gasteiger charge is 2.19. The molecule has 0 aliphatic heterocycles. The smallest absolute Gasteiger partial charge is 0.263 e. The maximum Gasteiger partial charge on any atom is 0.263 e. The summed E-state index contributed by atoms with van der Waals surface area (Å²) in [7, 11) is -2.15. The maximum absolute atomic E-state index is 12.4. The van der Waals surface area contributed by atoms with Crippen LogP contribution in [0.5, 0.6) is 0 Å². The molecule has 1 heterocycles. The summed E-state index contributed by atoms with van der Waals surface area (Å²) in [6, 6.07) is 4.50. The molecule has 118 valence electrons. The number of sulfonamides is 1. The SMILES string of the molecule is CC(=O)Nc1cc(S(=O)(=O)Nc2nnn(C)c2C)ccc1C. The molecule has 1 aromatic carbocycles. The minimum Gasteiger partial charge on any atom is -0.326 e. The van der Waals surface area contributed by atoms with Crippen molar-refractivity contribution in [3.05, 3.63) is 29.5 Å². The van der Waals surface area contributed by atoms with E-state index in [1.165, 1.54) is 23.7 Å². The van der Waals surface area contributed by atoms with Gasteiger partial charge in [0, 0.05) is 19.7 Å². The molecule has 0 bridgehead atoms. The van der Waals surface area contributed by atoms with Crippen molar-refractivity contribution < 1.29 is 13.2 Å². The molecule has 0 unspecified atom stereocenters. The number of amides is 1. The van der Waals surface area contributed by atoms with E-state index in [-0.39, 0.29) is 16.6 Å². The second-order valence-corrected chi connectivity index (χ2v) is 6.59. The van der Waals surface area contributed by atoms with E-state index in [2.05, 4.69) is 20.4 Å². The summed E-state index contributed by atoms with van der Waals surface area (Å²) in [6.45, 7) is 4.85. The Kier molecular flexibility index (Phi) is 4.18. The van der Waals surface area contributed by atoms with Gasteiger partial charge in [0.15, 0.2) is 5.82 Å². The zero-order valence-corrected chi connectivity index (χ0v) is 13.5. The number of hydrogen-bond acceptors (Lipinski definition) is 5. The first-order valence-electron chi connectivity index (χ1n) is 6.48. The number of hydrogen-bond donors (Lipinski definition) is 2. The molecule has 2 N–H and O–H groups in total. The molecular weight excluding hydrogens is 306 g/mol. The molecule has 0 atom stereocenters. The molecule has 0 aliphatic rings. The van der Waals surface area contributed by atoms with Crippen molar-refractivity contribution in [3.8, 4) is 0 Å². The zero-order chi connectivity index (χ0) is 16.5. The fraction of sp³-hybridized carbons (Fsp3) is 0.308. The fourth-order valence-corrected chi connectivity index (χ4v) is 2.86. The van der Waals surface area contributed by atoms with E-state index in [9.17, 15) is 13.2 Å². The van der Waals surface area contributed by atoms with Crippen LogP contribution in [0.2, 0.25) is 0 Å². The highest BCUT2D eigenvalue weighted by Crippen LogP contribution is 2.22. The molecular formula is C13H17N5O3S. The Morgan fingerprint density at radius 2 is 1.95 bits per heavy atom. The number of rotatable bonds is 4. The molecule has 0 aliphatic carbocycles. The molecule has 0 saturated carbocycles. The van der Waals surface area contributed by atoms with Gasteiger partial charge in [-0.25, -0.2) is 8.42 Å². The Morgan fingerprint density at radius 1 is 1.27 bits per heavy atom. The van der Waals surface area contributed by atoms with E-state index in [1.807, 2.05) is 0 Å². The fourth-order valence-electron chi connectivity index (χ4n) is 1.78. The number of carbonyl (C=O) groups is 1. The van der Waals surface area contributed by atoms with Crippen LogP contribution in [0, 0.1) is 13.8 Å². The minimum absolute atomic E-state index is 0.0342. The third-order valence-corrected chi connectivity index (χ3v) is 4.50. The number of anilines is 2.